The molecule has 0 saturated heterocycles. The highest BCUT2D eigenvalue weighted by Crippen LogP contribution is 2.26. The molecule has 0 aliphatic heterocycles. The maximum absolute atomic E-state index is 13.2. The van der Waals surface area contributed by atoms with Crippen LogP contribution in [0.1, 0.15) is 54.3 Å². The number of anilines is 1. The molecule has 0 radical (unpaired) electrons. The van der Waals surface area contributed by atoms with Crippen LogP contribution in [0.5, 0.6) is 0 Å². The van der Waals surface area contributed by atoms with E-state index in [1.54, 1.807) is 18.3 Å². The van der Waals surface area contributed by atoms with E-state index in [0.717, 1.165) is 11.1 Å². The molecule has 0 aliphatic carbocycles. The number of hydrogen-bond acceptors (Lipinski definition) is 3. The number of carbonyl (C=O) groups excluding carboxylic acids is 1. The number of benzene rings is 1. The second-order valence-electron chi connectivity index (χ2n) is 6.24. The smallest absolute Gasteiger partial charge is 0.274 e. The van der Waals surface area contributed by atoms with E-state index >= 15 is 0 Å². The molecule has 130 valence electrons. The van der Waals surface area contributed by atoms with Crippen molar-refractivity contribution in [3.05, 3.63) is 70.7 Å². The minimum atomic E-state index is -0.270. The monoisotopic (exact) mass is 357 g/mol. The molecule has 4 nitrogen and oxygen atoms in total. The quantitative estimate of drug-likeness (QED) is 0.693. The van der Waals surface area contributed by atoms with Gasteiger partial charge in [0.1, 0.15) is 11.5 Å². The Labute approximate surface area is 150 Å². The third kappa shape index (κ3) is 3.79. The Morgan fingerprint density at radius 1 is 1.20 bits per heavy atom. The molecule has 25 heavy (non-hydrogen) atoms. The standard InChI is InChI=1S/C19H20FN3OS/c1-12(2)15-10-17(18(24)22-19-21-8-9-25-19)23(11-15)13(3)14-4-6-16(20)7-5-14/h4-13H,1-3H3,(H,21,22,24). The molecular formula is C19H20FN3OS. The summed E-state index contributed by atoms with van der Waals surface area (Å²) in [5, 5.41) is 5.22. The highest BCUT2D eigenvalue weighted by Gasteiger charge is 2.20. The molecule has 0 saturated carbocycles. The van der Waals surface area contributed by atoms with Crippen molar-refractivity contribution in [1.82, 2.24) is 9.55 Å². The van der Waals surface area contributed by atoms with Gasteiger partial charge in [-0.2, -0.15) is 0 Å². The number of rotatable bonds is 5. The summed E-state index contributed by atoms with van der Waals surface area (Å²) in [4.78, 5) is 16.8. The number of nitrogens with zero attached hydrogens (tertiary/aromatic N) is 2. The van der Waals surface area contributed by atoms with Crippen LogP contribution in [0.4, 0.5) is 9.52 Å². The van der Waals surface area contributed by atoms with Crippen molar-refractivity contribution in [3.8, 4) is 0 Å². The Morgan fingerprint density at radius 2 is 1.92 bits per heavy atom. The van der Waals surface area contributed by atoms with Gasteiger partial charge in [0, 0.05) is 17.8 Å². The van der Waals surface area contributed by atoms with Crippen LogP contribution in [0, 0.1) is 5.82 Å². The summed E-state index contributed by atoms with van der Waals surface area (Å²) in [7, 11) is 0. The van der Waals surface area contributed by atoms with Crippen LogP contribution in [0.15, 0.2) is 48.1 Å². The zero-order valence-electron chi connectivity index (χ0n) is 14.4. The summed E-state index contributed by atoms with van der Waals surface area (Å²) in [6, 6.07) is 8.19. The predicted octanol–water partition coefficient (Wildman–Crippen LogP) is 5.07. The van der Waals surface area contributed by atoms with Crippen LogP contribution in [-0.2, 0) is 0 Å². The van der Waals surface area contributed by atoms with Gasteiger partial charge in [0.25, 0.3) is 5.91 Å². The normalized spacial score (nSPS) is 12.4. The van der Waals surface area contributed by atoms with E-state index in [4.69, 9.17) is 0 Å². The van der Waals surface area contributed by atoms with Crippen molar-refractivity contribution < 1.29 is 9.18 Å². The van der Waals surface area contributed by atoms with Gasteiger partial charge in [-0.05, 0) is 42.2 Å². The van der Waals surface area contributed by atoms with Gasteiger partial charge in [0.05, 0.1) is 6.04 Å². The molecule has 1 unspecified atom stereocenters. The highest BCUT2D eigenvalue weighted by atomic mass is 32.1. The van der Waals surface area contributed by atoms with Gasteiger partial charge in [-0.15, -0.1) is 11.3 Å². The number of amides is 1. The molecule has 0 fully saturated rings. The first-order valence-corrected chi connectivity index (χ1v) is 9.01. The fourth-order valence-electron chi connectivity index (χ4n) is 2.67. The predicted molar refractivity (Wildman–Crippen MR) is 98.8 cm³/mol. The third-order valence-electron chi connectivity index (χ3n) is 4.19. The summed E-state index contributed by atoms with van der Waals surface area (Å²) >= 11 is 1.38. The first kappa shape index (κ1) is 17.4. The second-order valence-corrected chi connectivity index (χ2v) is 7.13. The number of carbonyl (C=O) groups is 1. The molecule has 1 aromatic carbocycles. The number of hydrogen-bond donors (Lipinski definition) is 1. The van der Waals surface area contributed by atoms with Gasteiger partial charge in [0.2, 0.25) is 0 Å². The molecule has 2 aromatic heterocycles. The lowest BCUT2D eigenvalue weighted by Crippen LogP contribution is -2.19. The molecule has 0 bridgehead atoms. The maximum Gasteiger partial charge on any atom is 0.274 e. The first-order chi connectivity index (χ1) is 12.0. The average molecular weight is 357 g/mol. The van der Waals surface area contributed by atoms with Crippen LogP contribution in [0.25, 0.3) is 0 Å². The van der Waals surface area contributed by atoms with Crippen LogP contribution < -0.4 is 5.32 Å². The second kappa shape index (κ2) is 7.19. The lowest BCUT2D eigenvalue weighted by Gasteiger charge is -2.17. The van der Waals surface area contributed by atoms with Crippen molar-refractivity contribution in [2.45, 2.75) is 32.7 Å². The molecule has 3 aromatic rings. The summed E-state index contributed by atoms with van der Waals surface area (Å²) in [6.07, 6.45) is 3.65. The van der Waals surface area contributed by atoms with Gasteiger partial charge >= 0.3 is 0 Å². The largest absolute Gasteiger partial charge is 0.336 e. The van der Waals surface area contributed by atoms with Crippen molar-refractivity contribution in [3.63, 3.8) is 0 Å². The molecule has 6 heteroatoms. The molecule has 1 amide bonds. The van der Waals surface area contributed by atoms with Crippen LogP contribution >= 0.6 is 11.3 Å². The van der Waals surface area contributed by atoms with E-state index in [0.29, 0.717) is 16.7 Å². The van der Waals surface area contributed by atoms with E-state index < -0.39 is 0 Å². The van der Waals surface area contributed by atoms with Crippen molar-refractivity contribution >= 4 is 22.4 Å². The summed E-state index contributed by atoms with van der Waals surface area (Å²) in [5.41, 5.74) is 2.59. The lowest BCUT2D eigenvalue weighted by atomic mass is 10.1. The molecule has 0 aliphatic rings. The number of nitrogens with one attached hydrogen (secondary N) is 1. The van der Waals surface area contributed by atoms with Gasteiger partial charge < -0.3 is 4.57 Å². The van der Waals surface area contributed by atoms with Crippen molar-refractivity contribution in [2.75, 3.05) is 5.32 Å². The van der Waals surface area contributed by atoms with E-state index in [1.807, 2.05) is 29.1 Å². The van der Waals surface area contributed by atoms with Gasteiger partial charge in [-0.1, -0.05) is 26.0 Å². The average Bonchev–Trinajstić information content (AvgIpc) is 3.24. The van der Waals surface area contributed by atoms with Crippen molar-refractivity contribution in [2.24, 2.45) is 0 Å². The molecule has 0 spiro atoms. The summed E-state index contributed by atoms with van der Waals surface area (Å²) in [6.45, 7) is 6.17. The summed E-state index contributed by atoms with van der Waals surface area (Å²) < 4.78 is 15.1. The Bertz CT molecular complexity index is 853. The minimum Gasteiger partial charge on any atom is -0.336 e. The van der Waals surface area contributed by atoms with E-state index in [1.165, 1.54) is 23.5 Å². The van der Waals surface area contributed by atoms with Crippen LogP contribution in [0.2, 0.25) is 0 Å². The number of aromatic nitrogens is 2. The Balaban J connectivity index is 1.96. The lowest BCUT2D eigenvalue weighted by molar-refractivity contribution is 0.101. The number of halogens is 1. The maximum atomic E-state index is 13.2. The topological polar surface area (TPSA) is 46.9 Å². The van der Waals surface area contributed by atoms with E-state index in [9.17, 15) is 9.18 Å². The van der Waals surface area contributed by atoms with Crippen molar-refractivity contribution in [1.29, 1.82) is 0 Å². The van der Waals surface area contributed by atoms with E-state index in [-0.39, 0.29) is 17.8 Å². The Morgan fingerprint density at radius 3 is 2.52 bits per heavy atom. The third-order valence-corrected chi connectivity index (χ3v) is 4.88. The SMILES string of the molecule is CC(C)c1cc(C(=O)Nc2nccs2)n(C(C)c2ccc(F)cc2)c1. The van der Waals surface area contributed by atoms with Gasteiger partial charge in [-0.3, -0.25) is 10.1 Å². The molecule has 1 N–H and O–H groups in total. The zero-order valence-corrected chi connectivity index (χ0v) is 15.2. The van der Waals surface area contributed by atoms with Gasteiger partial charge in [-0.25, -0.2) is 9.37 Å². The van der Waals surface area contributed by atoms with Crippen LogP contribution in [0.3, 0.4) is 0 Å². The molecule has 3 rings (SSSR count). The van der Waals surface area contributed by atoms with E-state index in [2.05, 4.69) is 24.1 Å². The Hall–Kier alpha value is -2.47. The Kier molecular flexibility index (Phi) is 4.99. The minimum absolute atomic E-state index is 0.0925. The highest BCUT2D eigenvalue weighted by molar-refractivity contribution is 7.13. The molecular weight excluding hydrogens is 337 g/mol. The molecule has 1 atom stereocenters. The zero-order chi connectivity index (χ0) is 18.0. The number of thiazole rings is 1. The summed E-state index contributed by atoms with van der Waals surface area (Å²) in [5.74, 6) is -0.169. The first-order valence-electron chi connectivity index (χ1n) is 8.13. The fraction of sp³-hybridized carbons (Fsp3) is 0.263. The van der Waals surface area contributed by atoms with Gasteiger partial charge in [0.15, 0.2) is 5.13 Å². The van der Waals surface area contributed by atoms with Crippen LogP contribution in [-0.4, -0.2) is 15.5 Å². The molecule has 2 heterocycles. The fourth-order valence-corrected chi connectivity index (χ4v) is 3.19.